The van der Waals surface area contributed by atoms with Crippen LogP contribution in [0.2, 0.25) is 0 Å². The van der Waals surface area contributed by atoms with Crippen LogP contribution in [0.25, 0.3) is 0 Å². The van der Waals surface area contributed by atoms with E-state index in [2.05, 4.69) is 31.8 Å². The molecule has 8 nitrogen and oxygen atoms in total. The molecule has 0 heterocycles. The lowest BCUT2D eigenvalue weighted by Crippen LogP contribution is -2.43. The molecule has 0 fully saturated rings. The van der Waals surface area contributed by atoms with Crippen molar-refractivity contribution in [2.24, 2.45) is 5.10 Å². The van der Waals surface area contributed by atoms with Gasteiger partial charge in [0.05, 0.1) is 31.3 Å². The second-order valence-electron chi connectivity index (χ2n) is 8.36. The molecule has 0 aliphatic rings. The number of hydrogen-bond donors (Lipinski definition) is 2. The molecule has 0 saturated heterocycles. The Bertz CT molecular complexity index is 1240. The highest BCUT2D eigenvalue weighted by molar-refractivity contribution is 9.10. The smallest absolute Gasteiger partial charge is 0.262 e. The number of aryl methyl sites for hydroxylation is 1. The molecule has 2 N–H and O–H groups in total. The van der Waals surface area contributed by atoms with Gasteiger partial charge >= 0.3 is 0 Å². The van der Waals surface area contributed by atoms with Crippen LogP contribution < -0.4 is 25.0 Å². The molecule has 0 bridgehead atoms. The normalized spacial score (nSPS) is 11.6. The number of nitrogens with zero attached hydrogens (tertiary/aromatic N) is 1. The van der Waals surface area contributed by atoms with Crippen molar-refractivity contribution in [3.05, 3.63) is 87.4 Å². The number of benzene rings is 3. The highest BCUT2D eigenvalue weighted by Crippen LogP contribution is 2.36. The zero-order chi connectivity index (χ0) is 26.8. The van der Waals surface area contributed by atoms with E-state index in [4.69, 9.17) is 14.2 Å². The standard InChI is InChI=1S/C28H30BrN3O5/c1-18-5-7-21(8-6-18)17-37-27-24(29)13-22(14-25(27)36-4)16-30-32-28(34)19(2)31-26(33)15-20-9-11-23(35-3)12-10-20/h5-14,16,19H,15,17H2,1-4H3,(H,31,33)(H,32,34). The maximum atomic E-state index is 12.4. The highest BCUT2D eigenvalue weighted by atomic mass is 79.9. The van der Waals surface area contributed by atoms with E-state index in [1.54, 1.807) is 51.5 Å². The van der Waals surface area contributed by atoms with Gasteiger partial charge in [-0.3, -0.25) is 9.59 Å². The third kappa shape index (κ3) is 8.35. The van der Waals surface area contributed by atoms with E-state index in [9.17, 15) is 9.59 Å². The third-order valence-corrected chi connectivity index (χ3v) is 6.03. The molecule has 3 aromatic rings. The summed E-state index contributed by atoms with van der Waals surface area (Å²) in [5.41, 5.74) is 6.17. The molecule has 9 heteroatoms. The number of halogens is 1. The summed E-state index contributed by atoms with van der Waals surface area (Å²) in [6, 6.07) is 18.1. The molecule has 1 unspecified atom stereocenters. The predicted molar refractivity (Wildman–Crippen MR) is 146 cm³/mol. The zero-order valence-corrected chi connectivity index (χ0v) is 22.8. The number of methoxy groups -OCH3 is 2. The van der Waals surface area contributed by atoms with Gasteiger partial charge in [-0.1, -0.05) is 42.0 Å². The minimum absolute atomic E-state index is 0.150. The molecule has 3 aromatic carbocycles. The average Bonchev–Trinajstić information content (AvgIpc) is 2.89. The van der Waals surface area contributed by atoms with Crippen molar-refractivity contribution in [2.75, 3.05) is 14.2 Å². The monoisotopic (exact) mass is 567 g/mol. The summed E-state index contributed by atoms with van der Waals surface area (Å²) in [6.45, 7) is 4.02. The summed E-state index contributed by atoms with van der Waals surface area (Å²) in [4.78, 5) is 24.7. The molecule has 37 heavy (non-hydrogen) atoms. The summed E-state index contributed by atoms with van der Waals surface area (Å²) >= 11 is 3.52. The molecule has 194 valence electrons. The molecule has 0 aromatic heterocycles. The number of ether oxygens (including phenoxy) is 3. The summed E-state index contributed by atoms with van der Waals surface area (Å²) in [5, 5.41) is 6.68. The van der Waals surface area contributed by atoms with Crippen LogP contribution in [0, 0.1) is 6.92 Å². The Hall–Kier alpha value is -3.85. The molecule has 0 spiro atoms. The number of hydrazone groups is 1. The molecule has 0 radical (unpaired) electrons. The van der Waals surface area contributed by atoms with Crippen molar-refractivity contribution in [1.29, 1.82) is 0 Å². The van der Waals surface area contributed by atoms with Gasteiger partial charge in [0.1, 0.15) is 18.4 Å². The van der Waals surface area contributed by atoms with Crippen LogP contribution in [0.3, 0.4) is 0 Å². The molecular formula is C28H30BrN3O5. The fourth-order valence-electron chi connectivity index (χ4n) is 3.35. The van der Waals surface area contributed by atoms with Gasteiger partial charge in [0.25, 0.3) is 5.91 Å². The summed E-state index contributed by atoms with van der Waals surface area (Å²) in [6.07, 6.45) is 1.64. The van der Waals surface area contributed by atoms with Gasteiger partial charge in [0, 0.05) is 0 Å². The van der Waals surface area contributed by atoms with Gasteiger partial charge in [0.15, 0.2) is 11.5 Å². The van der Waals surface area contributed by atoms with E-state index in [0.717, 1.165) is 11.1 Å². The Morgan fingerprint density at radius 3 is 2.32 bits per heavy atom. The molecule has 1 atom stereocenters. The van der Waals surface area contributed by atoms with E-state index in [1.165, 1.54) is 11.8 Å². The first-order valence-corrected chi connectivity index (χ1v) is 12.4. The Kier molecular flexibility index (Phi) is 10.1. The fraction of sp³-hybridized carbons (Fsp3) is 0.250. The van der Waals surface area contributed by atoms with E-state index >= 15 is 0 Å². The van der Waals surface area contributed by atoms with E-state index in [1.807, 2.05) is 37.3 Å². The minimum Gasteiger partial charge on any atom is -0.497 e. The Morgan fingerprint density at radius 2 is 1.68 bits per heavy atom. The molecule has 3 rings (SSSR count). The first kappa shape index (κ1) is 27.7. The third-order valence-electron chi connectivity index (χ3n) is 5.44. The number of amides is 2. The largest absolute Gasteiger partial charge is 0.497 e. The van der Waals surface area contributed by atoms with Gasteiger partial charge < -0.3 is 19.5 Å². The van der Waals surface area contributed by atoms with Crippen LogP contribution in [0.15, 0.2) is 70.2 Å². The van der Waals surface area contributed by atoms with Gasteiger partial charge in [-0.15, -0.1) is 0 Å². The van der Waals surface area contributed by atoms with Crippen molar-refractivity contribution in [2.45, 2.75) is 32.9 Å². The minimum atomic E-state index is -0.762. The number of carbonyl (C=O) groups is 2. The maximum absolute atomic E-state index is 12.4. The lowest BCUT2D eigenvalue weighted by Gasteiger charge is -2.14. The summed E-state index contributed by atoms with van der Waals surface area (Å²) < 4.78 is 17.3. The number of hydrogen-bond acceptors (Lipinski definition) is 6. The molecule has 0 aliphatic heterocycles. The van der Waals surface area contributed by atoms with Gasteiger partial charge in [-0.05, 0) is 70.7 Å². The summed E-state index contributed by atoms with van der Waals surface area (Å²) in [7, 11) is 3.14. The van der Waals surface area contributed by atoms with Crippen molar-refractivity contribution >= 4 is 34.0 Å². The van der Waals surface area contributed by atoms with E-state index in [0.29, 0.717) is 33.9 Å². The van der Waals surface area contributed by atoms with Crippen LogP contribution in [0.5, 0.6) is 17.2 Å². The SMILES string of the molecule is COc1ccc(CC(=O)NC(C)C(=O)NN=Cc2cc(Br)c(OCc3ccc(C)cc3)c(OC)c2)cc1. The molecule has 0 aliphatic carbocycles. The van der Waals surface area contributed by atoms with Crippen molar-refractivity contribution < 1.29 is 23.8 Å². The van der Waals surface area contributed by atoms with Gasteiger partial charge in [0.2, 0.25) is 5.91 Å². The van der Waals surface area contributed by atoms with Crippen LogP contribution in [-0.4, -0.2) is 38.3 Å². The molecule has 2 amide bonds. The Labute approximate surface area is 225 Å². The number of rotatable bonds is 11. The summed E-state index contributed by atoms with van der Waals surface area (Å²) in [5.74, 6) is 1.09. The topological polar surface area (TPSA) is 98.2 Å². The molecular weight excluding hydrogens is 538 g/mol. The van der Waals surface area contributed by atoms with Crippen molar-refractivity contribution in [3.8, 4) is 17.2 Å². The van der Waals surface area contributed by atoms with Gasteiger partial charge in [-0.25, -0.2) is 5.43 Å². The average molecular weight is 568 g/mol. The van der Waals surface area contributed by atoms with Crippen LogP contribution in [0.4, 0.5) is 0 Å². The lowest BCUT2D eigenvalue weighted by molar-refractivity contribution is -0.128. The highest BCUT2D eigenvalue weighted by Gasteiger charge is 2.16. The number of nitrogens with one attached hydrogen (secondary N) is 2. The maximum Gasteiger partial charge on any atom is 0.262 e. The quantitative estimate of drug-likeness (QED) is 0.261. The lowest BCUT2D eigenvalue weighted by atomic mass is 10.1. The van der Waals surface area contributed by atoms with E-state index in [-0.39, 0.29) is 12.3 Å². The second-order valence-corrected chi connectivity index (χ2v) is 9.21. The van der Waals surface area contributed by atoms with Crippen molar-refractivity contribution in [1.82, 2.24) is 10.7 Å². The first-order chi connectivity index (χ1) is 17.8. The predicted octanol–water partition coefficient (Wildman–Crippen LogP) is 4.55. The van der Waals surface area contributed by atoms with Gasteiger partial charge in [-0.2, -0.15) is 5.10 Å². The fourth-order valence-corrected chi connectivity index (χ4v) is 3.92. The van der Waals surface area contributed by atoms with E-state index < -0.39 is 11.9 Å². The van der Waals surface area contributed by atoms with Crippen LogP contribution in [-0.2, 0) is 22.6 Å². The molecule has 0 saturated carbocycles. The Morgan fingerprint density at radius 1 is 1.00 bits per heavy atom. The number of carbonyl (C=O) groups excluding carboxylic acids is 2. The first-order valence-electron chi connectivity index (χ1n) is 11.6. The zero-order valence-electron chi connectivity index (χ0n) is 21.2. The van der Waals surface area contributed by atoms with Crippen LogP contribution in [0.1, 0.15) is 29.2 Å². The van der Waals surface area contributed by atoms with Crippen molar-refractivity contribution in [3.63, 3.8) is 0 Å². The van der Waals surface area contributed by atoms with Crippen LogP contribution >= 0.6 is 15.9 Å². The second kappa shape index (κ2) is 13.5. The Balaban J connectivity index is 1.53.